The first kappa shape index (κ1) is 19.0. The highest BCUT2D eigenvalue weighted by Gasteiger charge is 2.20. The average molecular weight is 413 g/mol. The third kappa shape index (κ3) is 4.05. The number of nitrogens with one attached hydrogen (secondary N) is 1. The molecular formula is C21H20N2O3S2. The van der Waals surface area contributed by atoms with Crippen LogP contribution in [0.25, 0.3) is 10.9 Å². The van der Waals surface area contributed by atoms with Crippen molar-refractivity contribution in [3.8, 4) is 0 Å². The van der Waals surface area contributed by atoms with Gasteiger partial charge in [0.25, 0.3) is 5.91 Å². The van der Waals surface area contributed by atoms with Crippen LogP contribution >= 0.6 is 23.1 Å². The van der Waals surface area contributed by atoms with E-state index in [1.54, 1.807) is 17.4 Å². The molecule has 2 aromatic heterocycles. The monoisotopic (exact) mass is 412 g/mol. The van der Waals surface area contributed by atoms with E-state index in [0.29, 0.717) is 12.1 Å². The van der Waals surface area contributed by atoms with E-state index >= 15 is 0 Å². The maximum atomic E-state index is 12.6. The molecule has 4 rings (SSSR count). The summed E-state index contributed by atoms with van der Waals surface area (Å²) in [6.07, 6.45) is 4.03. The number of thioether (sulfide) groups is 1. The molecule has 1 aromatic carbocycles. The van der Waals surface area contributed by atoms with E-state index in [1.807, 2.05) is 29.6 Å². The summed E-state index contributed by atoms with van der Waals surface area (Å²) in [6, 6.07) is 9.48. The van der Waals surface area contributed by atoms with Crippen molar-refractivity contribution in [2.24, 2.45) is 0 Å². The van der Waals surface area contributed by atoms with Crippen LogP contribution in [-0.4, -0.2) is 27.7 Å². The smallest absolute Gasteiger partial charge is 0.313 e. The Morgan fingerprint density at radius 3 is 2.86 bits per heavy atom. The van der Waals surface area contributed by atoms with Crippen molar-refractivity contribution in [3.05, 3.63) is 57.4 Å². The van der Waals surface area contributed by atoms with E-state index in [1.165, 1.54) is 17.3 Å². The normalized spacial score (nSPS) is 13.3. The lowest BCUT2D eigenvalue weighted by atomic mass is 9.94. The topological polar surface area (TPSA) is 79.3 Å². The van der Waals surface area contributed by atoms with Gasteiger partial charge in [0.15, 0.2) is 0 Å². The maximum absolute atomic E-state index is 12.6. The number of hydrogen-bond acceptors (Lipinski definition) is 5. The van der Waals surface area contributed by atoms with Gasteiger partial charge < -0.3 is 10.4 Å². The number of thiophene rings is 1. The number of aryl methyl sites for hydroxylation is 1. The van der Waals surface area contributed by atoms with Gasteiger partial charge in [-0.3, -0.25) is 14.6 Å². The Bertz CT molecular complexity index is 1030. The molecule has 2 heterocycles. The van der Waals surface area contributed by atoms with Gasteiger partial charge in [0, 0.05) is 26.4 Å². The number of fused-ring (bicyclic) bond motifs is 2. The molecule has 3 aromatic rings. The number of aromatic nitrogens is 1. The molecule has 5 nitrogen and oxygen atoms in total. The van der Waals surface area contributed by atoms with Crippen molar-refractivity contribution in [3.63, 3.8) is 0 Å². The fourth-order valence-corrected chi connectivity index (χ4v) is 5.14. The lowest BCUT2D eigenvalue weighted by molar-refractivity contribution is -0.133. The molecule has 0 radical (unpaired) electrons. The standard InChI is InChI=1S/C21H20N2O3S2/c24-19(25)12-28-20-15-5-1-2-6-17(15)23-18-10-13(7-8-16(18)20)21(26)22-11-14-4-3-9-27-14/h3-4,7-10H,1-2,5-6,11-12H2,(H,22,26)(H,24,25). The molecule has 7 heteroatoms. The number of carbonyl (C=O) groups excluding carboxylic acids is 1. The Balaban J connectivity index is 1.66. The number of amides is 1. The van der Waals surface area contributed by atoms with Crippen LogP contribution < -0.4 is 5.32 Å². The molecule has 0 saturated heterocycles. The van der Waals surface area contributed by atoms with Gasteiger partial charge in [-0.1, -0.05) is 12.1 Å². The van der Waals surface area contributed by atoms with Crippen LogP contribution in [0.2, 0.25) is 0 Å². The molecule has 2 N–H and O–H groups in total. The highest BCUT2D eigenvalue weighted by Crippen LogP contribution is 2.36. The van der Waals surface area contributed by atoms with Gasteiger partial charge in [-0.2, -0.15) is 0 Å². The number of carboxylic acid groups (broad SMARTS) is 1. The second-order valence-electron chi connectivity index (χ2n) is 6.75. The number of pyridine rings is 1. The minimum absolute atomic E-state index is 0.0224. The predicted molar refractivity (Wildman–Crippen MR) is 112 cm³/mol. The molecule has 28 heavy (non-hydrogen) atoms. The van der Waals surface area contributed by atoms with Gasteiger partial charge >= 0.3 is 5.97 Å². The lowest BCUT2D eigenvalue weighted by Gasteiger charge is -2.20. The lowest BCUT2D eigenvalue weighted by Crippen LogP contribution is -2.22. The highest BCUT2D eigenvalue weighted by atomic mass is 32.2. The number of aliphatic carboxylic acids is 1. The third-order valence-corrected chi connectivity index (χ3v) is 6.84. The number of nitrogens with zero attached hydrogens (tertiary/aromatic N) is 1. The number of carbonyl (C=O) groups is 2. The first-order valence-corrected chi connectivity index (χ1v) is 11.1. The van der Waals surface area contributed by atoms with Crippen molar-refractivity contribution in [2.45, 2.75) is 37.1 Å². The first-order valence-electron chi connectivity index (χ1n) is 9.22. The fourth-order valence-electron chi connectivity index (χ4n) is 3.50. The van der Waals surface area contributed by atoms with Crippen LogP contribution in [0.4, 0.5) is 0 Å². The van der Waals surface area contributed by atoms with Crippen LogP contribution in [0.5, 0.6) is 0 Å². The van der Waals surface area contributed by atoms with Gasteiger partial charge in [-0.05, 0) is 54.8 Å². The highest BCUT2D eigenvalue weighted by molar-refractivity contribution is 8.00. The second-order valence-corrected chi connectivity index (χ2v) is 8.77. The molecule has 0 atom stereocenters. The van der Waals surface area contributed by atoms with Crippen LogP contribution in [-0.2, 0) is 24.2 Å². The van der Waals surface area contributed by atoms with Gasteiger partial charge in [0.1, 0.15) is 0 Å². The molecule has 0 saturated carbocycles. The van der Waals surface area contributed by atoms with E-state index in [4.69, 9.17) is 10.1 Å². The predicted octanol–water partition coefficient (Wildman–Crippen LogP) is 4.28. The van der Waals surface area contributed by atoms with Gasteiger partial charge in [0.2, 0.25) is 0 Å². The zero-order valence-electron chi connectivity index (χ0n) is 15.2. The van der Waals surface area contributed by atoms with Crippen molar-refractivity contribution >= 4 is 45.9 Å². The summed E-state index contributed by atoms with van der Waals surface area (Å²) in [6.45, 7) is 0.506. The molecular weight excluding hydrogens is 392 g/mol. The zero-order chi connectivity index (χ0) is 19.5. The molecule has 0 aliphatic heterocycles. The van der Waals surface area contributed by atoms with Crippen molar-refractivity contribution < 1.29 is 14.7 Å². The van der Waals surface area contributed by atoms with E-state index in [0.717, 1.165) is 52.1 Å². The Kier molecular flexibility index (Phi) is 5.64. The van der Waals surface area contributed by atoms with E-state index in [-0.39, 0.29) is 11.7 Å². The summed E-state index contributed by atoms with van der Waals surface area (Å²) in [5.74, 6) is -0.937. The molecule has 0 unspecified atom stereocenters. The molecule has 144 valence electrons. The zero-order valence-corrected chi connectivity index (χ0v) is 16.9. The Hall–Kier alpha value is -2.38. The SMILES string of the molecule is O=C(O)CSc1c2c(nc3cc(C(=O)NCc4cccs4)ccc13)CCCC2. The van der Waals surface area contributed by atoms with Gasteiger partial charge in [-0.25, -0.2) is 0 Å². The first-order chi connectivity index (χ1) is 13.6. The van der Waals surface area contributed by atoms with Crippen LogP contribution in [0.3, 0.4) is 0 Å². The molecule has 1 aliphatic rings. The molecule has 0 bridgehead atoms. The average Bonchev–Trinajstić information content (AvgIpc) is 3.22. The molecule has 0 spiro atoms. The van der Waals surface area contributed by atoms with Crippen molar-refractivity contribution in [1.82, 2.24) is 10.3 Å². The van der Waals surface area contributed by atoms with Gasteiger partial charge in [-0.15, -0.1) is 23.1 Å². The minimum Gasteiger partial charge on any atom is -0.481 e. The second kappa shape index (κ2) is 8.32. The number of hydrogen-bond donors (Lipinski definition) is 2. The summed E-state index contributed by atoms with van der Waals surface area (Å²) in [5, 5.41) is 15.0. The van der Waals surface area contributed by atoms with E-state index < -0.39 is 5.97 Å². The fraction of sp³-hybridized carbons (Fsp3) is 0.286. The number of rotatable bonds is 6. The Labute approximate surface area is 171 Å². The summed E-state index contributed by atoms with van der Waals surface area (Å²) in [5.41, 5.74) is 3.56. The maximum Gasteiger partial charge on any atom is 0.313 e. The minimum atomic E-state index is -0.830. The Morgan fingerprint density at radius 2 is 2.07 bits per heavy atom. The summed E-state index contributed by atoms with van der Waals surface area (Å²) in [4.78, 5) is 30.6. The summed E-state index contributed by atoms with van der Waals surface area (Å²) >= 11 is 2.97. The van der Waals surface area contributed by atoms with Crippen LogP contribution in [0.1, 0.15) is 39.3 Å². The summed E-state index contributed by atoms with van der Waals surface area (Å²) < 4.78 is 0. The molecule has 1 aliphatic carbocycles. The number of benzene rings is 1. The van der Waals surface area contributed by atoms with E-state index in [2.05, 4.69) is 5.32 Å². The third-order valence-electron chi connectivity index (χ3n) is 4.82. The Morgan fingerprint density at radius 1 is 1.21 bits per heavy atom. The van der Waals surface area contributed by atoms with Gasteiger partial charge in [0.05, 0.1) is 17.8 Å². The molecule has 1 amide bonds. The quantitative estimate of drug-likeness (QED) is 0.591. The molecule has 0 fully saturated rings. The summed E-state index contributed by atoms with van der Waals surface area (Å²) in [7, 11) is 0. The van der Waals surface area contributed by atoms with Crippen LogP contribution in [0.15, 0.2) is 40.6 Å². The van der Waals surface area contributed by atoms with E-state index in [9.17, 15) is 9.59 Å². The van der Waals surface area contributed by atoms with Crippen molar-refractivity contribution in [2.75, 3.05) is 5.75 Å². The van der Waals surface area contributed by atoms with Crippen molar-refractivity contribution in [1.29, 1.82) is 0 Å². The van der Waals surface area contributed by atoms with Crippen LogP contribution in [0, 0.1) is 0 Å². The largest absolute Gasteiger partial charge is 0.481 e. The number of carboxylic acids is 1.